The van der Waals surface area contributed by atoms with Crippen LogP contribution in [-0.2, 0) is 9.59 Å². The molecule has 0 spiro atoms. The summed E-state index contributed by atoms with van der Waals surface area (Å²) < 4.78 is -2.26. The Morgan fingerprint density at radius 2 is 1.17 bits per heavy atom. The predicted octanol–water partition coefficient (Wildman–Crippen LogP) is 6.04. The van der Waals surface area contributed by atoms with E-state index in [0.29, 0.717) is 6.42 Å². The number of unbranched alkanes of at least 4 members (excludes halogenated alkanes) is 11. The number of aliphatic carboxylic acids is 2. The highest BCUT2D eigenvalue weighted by Gasteiger charge is 2.46. The number of alkyl halides is 2. The first-order valence-electron chi connectivity index (χ1n) is 9.18. The zero-order valence-corrected chi connectivity index (χ0v) is 16.2. The average Bonchev–Trinajstić information content (AvgIpc) is 2.51. The van der Waals surface area contributed by atoms with Gasteiger partial charge in [-0.05, 0) is 6.42 Å². The number of rotatable bonds is 16. The molecule has 0 saturated heterocycles. The van der Waals surface area contributed by atoms with Crippen LogP contribution >= 0.6 is 23.2 Å². The maximum Gasteiger partial charge on any atom is 0.341 e. The fourth-order valence-electron chi connectivity index (χ4n) is 2.80. The van der Waals surface area contributed by atoms with Gasteiger partial charge < -0.3 is 10.2 Å². The zero-order chi connectivity index (χ0) is 18.4. The molecule has 0 radical (unpaired) electrons. The first kappa shape index (κ1) is 23.5. The summed E-state index contributed by atoms with van der Waals surface area (Å²) >= 11 is 11.3. The van der Waals surface area contributed by atoms with Gasteiger partial charge in [0, 0.05) is 0 Å². The third-order valence-corrected chi connectivity index (χ3v) is 5.22. The van der Waals surface area contributed by atoms with E-state index in [1.807, 2.05) is 0 Å². The molecule has 0 aromatic heterocycles. The van der Waals surface area contributed by atoms with Gasteiger partial charge in [0.25, 0.3) is 0 Å². The smallest absolute Gasteiger partial charge is 0.341 e. The van der Waals surface area contributed by atoms with Gasteiger partial charge in [0.2, 0.25) is 4.33 Å². The number of carbonyl (C=O) groups is 2. The SMILES string of the molecule is CCCCCCCCCCCCCCC(C(=O)O)C(Cl)(Cl)C(=O)O. The zero-order valence-electron chi connectivity index (χ0n) is 14.7. The molecule has 0 rings (SSSR count). The van der Waals surface area contributed by atoms with Gasteiger partial charge in [-0.3, -0.25) is 4.79 Å². The summed E-state index contributed by atoms with van der Waals surface area (Å²) in [6.07, 6.45) is 14.3. The van der Waals surface area contributed by atoms with E-state index >= 15 is 0 Å². The molecule has 0 aromatic carbocycles. The highest BCUT2D eigenvalue weighted by Crippen LogP contribution is 2.34. The van der Waals surface area contributed by atoms with Gasteiger partial charge in [-0.2, -0.15) is 0 Å². The lowest BCUT2D eigenvalue weighted by Crippen LogP contribution is -2.39. The van der Waals surface area contributed by atoms with Crippen molar-refractivity contribution in [1.82, 2.24) is 0 Å². The Bertz CT molecular complexity index is 359. The summed E-state index contributed by atoms with van der Waals surface area (Å²) in [7, 11) is 0. The summed E-state index contributed by atoms with van der Waals surface area (Å²) in [5.41, 5.74) is 0. The van der Waals surface area contributed by atoms with Crippen LogP contribution in [0.5, 0.6) is 0 Å². The van der Waals surface area contributed by atoms with Gasteiger partial charge in [0.15, 0.2) is 0 Å². The minimum atomic E-state index is -2.26. The van der Waals surface area contributed by atoms with Gasteiger partial charge in [-0.25, -0.2) is 4.79 Å². The topological polar surface area (TPSA) is 74.6 Å². The van der Waals surface area contributed by atoms with Crippen LogP contribution in [0.1, 0.15) is 90.4 Å². The van der Waals surface area contributed by atoms with Crippen molar-refractivity contribution in [2.45, 2.75) is 94.7 Å². The second-order valence-corrected chi connectivity index (χ2v) is 7.88. The molecule has 142 valence electrons. The highest BCUT2D eigenvalue weighted by molar-refractivity contribution is 6.58. The fraction of sp³-hybridized carbons (Fsp3) is 0.889. The van der Waals surface area contributed by atoms with E-state index in [4.69, 9.17) is 33.4 Å². The molecule has 0 aliphatic carbocycles. The van der Waals surface area contributed by atoms with Crippen molar-refractivity contribution in [3.63, 3.8) is 0 Å². The molecule has 0 aliphatic rings. The molecular weight excluding hydrogens is 351 g/mol. The Kier molecular flexibility index (Phi) is 13.5. The van der Waals surface area contributed by atoms with Crippen LogP contribution in [0.4, 0.5) is 0 Å². The van der Waals surface area contributed by atoms with Crippen LogP contribution in [0.15, 0.2) is 0 Å². The molecule has 0 heterocycles. The molecule has 0 amide bonds. The van der Waals surface area contributed by atoms with Crippen molar-refractivity contribution in [3.05, 3.63) is 0 Å². The summed E-state index contributed by atoms with van der Waals surface area (Å²) in [6, 6.07) is 0. The minimum Gasteiger partial charge on any atom is -0.481 e. The molecule has 4 nitrogen and oxygen atoms in total. The lowest BCUT2D eigenvalue weighted by Gasteiger charge is -2.22. The molecule has 1 unspecified atom stereocenters. The quantitative estimate of drug-likeness (QED) is 0.252. The van der Waals surface area contributed by atoms with Crippen molar-refractivity contribution < 1.29 is 19.8 Å². The summed E-state index contributed by atoms with van der Waals surface area (Å²) in [6.45, 7) is 2.22. The van der Waals surface area contributed by atoms with Crippen LogP contribution in [0, 0.1) is 5.92 Å². The number of carboxylic acids is 2. The largest absolute Gasteiger partial charge is 0.481 e. The molecule has 0 saturated carbocycles. The van der Waals surface area contributed by atoms with Gasteiger partial charge >= 0.3 is 11.9 Å². The molecule has 0 aromatic rings. The predicted molar refractivity (Wildman–Crippen MR) is 98.9 cm³/mol. The van der Waals surface area contributed by atoms with Crippen LogP contribution in [0.2, 0.25) is 0 Å². The van der Waals surface area contributed by atoms with Gasteiger partial charge in [0.1, 0.15) is 5.92 Å². The Morgan fingerprint density at radius 1 is 0.792 bits per heavy atom. The van der Waals surface area contributed by atoms with E-state index in [0.717, 1.165) is 19.3 Å². The van der Waals surface area contributed by atoms with E-state index in [-0.39, 0.29) is 6.42 Å². The standard InChI is InChI=1S/C18H32Cl2O4/c1-2-3-4-5-6-7-8-9-10-11-12-13-14-15(16(21)22)18(19,20)17(23)24/h15H,2-14H2,1H3,(H,21,22)(H,23,24). The van der Waals surface area contributed by atoms with Crippen molar-refractivity contribution in [3.8, 4) is 0 Å². The molecule has 0 fully saturated rings. The second-order valence-electron chi connectivity index (χ2n) is 6.50. The fourth-order valence-corrected chi connectivity index (χ4v) is 3.20. The van der Waals surface area contributed by atoms with Gasteiger partial charge in [0.05, 0.1) is 0 Å². The Hall–Kier alpha value is -0.480. The lowest BCUT2D eigenvalue weighted by atomic mass is 9.96. The molecule has 2 N–H and O–H groups in total. The minimum absolute atomic E-state index is 0.187. The Balaban J connectivity index is 3.67. The number of halogens is 2. The number of hydrogen-bond donors (Lipinski definition) is 2. The second kappa shape index (κ2) is 13.8. The van der Waals surface area contributed by atoms with Crippen LogP contribution in [0.3, 0.4) is 0 Å². The van der Waals surface area contributed by atoms with Crippen LogP contribution in [-0.4, -0.2) is 26.5 Å². The summed E-state index contributed by atoms with van der Waals surface area (Å²) in [5.74, 6) is -4.04. The van der Waals surface area contributed by atoms with Crippen molar-refractivity contribution >= 4 is 35.1 Å². The van der Waals surface area contributed by atoms with E-state index in [9.17, 15) is 9.59 Å². The first-order valence-corrected chi connectivity index (χ1v) is 9.93. The molecule has 0 bridgehead atoms. The van der Waals surface area contributed by atoms with Crippen LogP contribution in [0.25, 0.3) is 0 Å². The molecule has 1 atom stereocenters. The van der Waals surface area contributed by atoms with E-state index in [2.05, 4.69) is 6.92 Å². The number of hydrogen-bond acceptors (Lipinski definition) is 2. The lowest BCUT2D eigenvalue weighted by molar-refractivity contribution is -0.149. The van der Waals surface area contributed by atoms with Crippen LogP contribution < -0.4 is 0 Å². The Morgan fingerprint density at radius 3 is 1.50 bits per heavy atom. The van der Waals surface area contributed by atoms with E-state index < -0.39 is 22.2 Å². The summed E-state index contributed by atoms with van der Waals surface area (Å²) in [5, 5.41) is 18.0. The molecule has 24 heavy (non-hydrogen) atoms. The third-order valence-electron chi connectivity index (χ3n) is 4.37. The van der Waals surface area contributed by atoms with Gasteiger partial charge in [-0.15, -0.1) is 0 Å². The maximum atomic E-state index is 11.2. The van der Waals surface area contributed by atoms with Crippen molar-refractivity contribution in [2.75, 3.05) is 0 Å². The summed E-state index contributed by atoms with van der Waals surface area (Å²) in [4.78, 5) is 22.1. The third kappa shape index (κ3) is 10.4. The first-order chi connectivity index (χ1) is 11.3. The average molecular weight is 383 g/mol. The highest BCUT2D eigenvalue weighted by atomic mass is 35.5. The molecule has 0 aliphatic heterocycles. The van der Waals surface area contributed by atoms with Crippen molar-refractivity contribution in [2.24, 2.45) is 5.92 Å². The molecular formula is C18H32Cl2O4. The van der Waals surface area contributed by atoms with Crippen molar-refractivity contribution in [1.29, 1.82) is 0 Å². The maximum absolute atomic E-state index is 11.2. The van der Waals surface area contributed by atoms with Gasteiger partial charge in [-0.1, -0.05) is 107 Å². The van der Waals surface area contributed by atoms with E-state index in [1.165, 1.54) is 51.4 Å². The number of carboxylic acid groups (broad SMARTS) is 2. The monoisotopic (exact) mass is 382 g/mol. The Labute approximate surface area is 155 Å². The normalized spacial score (nSPS) is 13.0. The van der Waals surface area contributed by atoms with E-state index in [1.54, 1.807) is 0 Å². The molecule has 6 heteroatoms.